The van der Waals surface area contributed by atoms with Crippen LogP contribution in [0.25, 0.3) is 0 Å². The first-order chi connectivity index (χ1) is 9.74. The van der Waals surface area contributed by atoms with Crippen LogP contribution in [-0.2, 0) is 10.0 Å². The molecule has 128 valence electrons. The van der Waals surface area contributed by atoms with Gasteiger partial charge in [0.25, 0.3) is 0 Å². The van der Waals surface area contributed by atoms with Gasteiger partial charge in [0.05, 0.1) is 11.5 Å². The third-order valence-electron chi connectivity index (χ3n) is 2.87. The van der Waals surface area contributed by atoms with E-state index in [2.05, 4.69) is 11.6 Å². The fraction of sp³-hybridized carbons (Fsp3) is 0.600. The van der Waals surface area contributed by atoms with Crippen LogP contribution in [-0.4, -0.2) is 27.1 Å². The number of hydrogen-bond acceptors (Lipinski definition) is 4. The van der Waals surface area contributed by atoms with Crippen molar-refractivity contribution in [3.05, 3.63) is 24.3 Å². The second-order valence-corrected chi connectivity index (χ2v) is 7.61. The highest BCUT2D eigenvalue weighted by Gasteiger charge is 2.18. The molecule has 0 aliphatic heterocycles. The van der Waals surface area contributed by atoms with Crippen molar-refractivity contribution in [2.45, 2.75) is 50.5 Å². The summed E-state index contributed by atoms with van der Waals surface area (Å²) in [4.78, 5) is 0.215. The van der Waals surface area contributed by atoms with Crippen LogP contribution in [0.3, 0.4) is 0 Å². The van der Waals surface area contributed by atoms with Gasteiger partial charge in [-0.3, -0.25) is 0 Å². The van der Waals surface area contributed by atoms with Crippen molar-refractivity contribution in [2.75, 3.05) is 13.2 Å². The monoisotopic (exact) mass is 350 g/mol. The molecular formula is C15H27ClN2O3S. The third kappa shape index (κ3) is 7.98. The van der Waals surface area contributed by atoms with Crippen molar-refractivity contribution in [2.24, 2.45) is 5.73 Å². The van der Waals surface area contributed by atoms with Gasteiger partial charge in [-0.05, 0) is 44.5 Å². The molecule has 7 heteroatoms. The summed E-state index contributed by atoms with van der Waals surface area (Å²) in [6.07, 6.45) is 3.28. The molecule has 5 nitrogen and oxygen atoms in total. The van der Waals surface area contributed by atoms with Crippen molar-refractivity contribution in [3.8, 4) is 5.75 Å². The minimum Gasteiger partial charge on any atom is -0.494 e. The zero-order valence-corrected chi connectivity index (χ0v) is 15.1. The van der Waals surface area contributed by atoms with Crippen molar-refractivity contribution < 1.29 is 13.2 Å². The van der Waals surface area contributed by atoms with E-state index in [0.717, 1.165) is 19.3 Å². The highest BCUT2D eigenvalue weighted by molar-refractivity contribution is 7.89. The molecule has 3 N–H and O–H groups in total. The lowest BCUT2D eigenvalue weighted by Crippen LogP contribution is -2.45. The number of rotatable bonds is 9. The Kier molecular flexibility index (Phi) is 9.00. The first-order valence-corrected chi connectivity index (χ1v) is 8.74. The molecular weight excluding hydrogens is 324 g/mol. The normalized spacial score (nSPS) is 11.8. The number of halogens is 1. The van der Waals surface area contributed by atoms with Gasteiger partial charge in [0.2, 0.25) is 10.0 Å². The summed E-state index contributed by atoms with van der Waals surface area (Å²) in [5.41, 5.74) is 5.19. The van der Waals surface area contributed by atoms with Gasteiger partial charge in [-0.1, -0.05) is 19.8 Å². The molecule has 1 aromatic rings. The van der Waals surface area contributed by atoms with E-state index in [1.54, 1.807) is 38.1 Å². The Hall–Kier alpha value is -0.820. The lowest BCUT2D eigenvalue weighted by atomic mass is 10.1. The van der Waals surface area contributed by atoms with Gasteiger partial charge in [-0.25, -0.2) is 13.1 Å². The fourth-order valence-electron chi connectivity index (χ4n) is 1.62. The summed E-state index contributed by atoms with van der Waals surface area (Å²) >= 11 is 0. The molecule has 0 bridgehead atoms. The minimum absolute atomic E-state index is 0. The van der Waals surface area contributed by atoms with E-state index in [-0.39, 0.29) is 23.8 Å². The van der Waals surface area contributed by atoms with E-state index in [4.69, 9.17) is 10.5 Å². The maximum Gasteiger partial charge on any atom is 0.240 e. The van der Waals surface area contributed by atoms with Crippen LogP contribution < -0.4 is 15.2 Å². The number of hydrogen-bond donors (Lipinski definition) is 2. The first kappa shape index (κ1) is 21.2. The number of ether oxygens (including phenoxy) is 1. The van der Waals surface area contributed by atoms with Crippen molar-refractivity contribution in [3.63, 3.8) is 0 Å². The Bertz CT molecular complexity index is 525. The van der Waals surface area contributed by atoms with Crippen LogP contribution in [0.4, 0.5) is 0 Å². The second-order valence-electron chi connectivity index (χ2n) is 5.84. The van der Waals surface area contributed by atoms with Gasteiger partial charge in [-0.2, -0.15) is 0 Å². The molecule has 1 aromatic carbocycles. The fourth-order valence-corrected chi connectivity index (χ4v) is 2.84. The Labute approximate surface area is 140 Å². The predicted molar refractivity (Wildman–Crippen MR) is 92.2 cm³/mol. The second kappa shape index (κ2) is 9.35. The maximum absolute atomic E-state index is 12.1. The van der Waals surface area contributed by atoms with Crippen LogP contribution in [0.1, 0.15) is 40.0 Å². The van der Waals surface area contributed by atoms with Crippen molar-refractivity contribution in [1.82, 2.24) is 4.72 Å². The number of nitrogens with one attached hydrogen (secondary N) is 1. The van der Waals surface area contributed by atoms with E-state index >= 15 is 0 Å². The smallest absolute Gasteiger partial charge is 0.240 e. The quantitative estimate of drug-likeness (QED) is 0.671. The lowest BCUT2D eigenvalue weighted by molar-refractivity contribution is 0.306. The Morgan fingerprint density at radius 2 is 1.77 bits per heavy atom. The molecule has 0 radical (unpaired) electrons. The topological polar surface area (TPSA) is 81.4 Å². The zero-order valence-electron chi connectivity index (χ0n) is 13.5. The molecule has 0 unspecified atom stereocenters. The summed E-state index contributed by atoms with van der Waals surface area (Å²) in [6.45, 7) is 6.50. The minimum atomic E-state index is -3.52. The SMILES string of the molecule is CCCCCOc1ccc(S(=O)(=O)NCC(C)(C)N)cc1.Cl. The number of nitrogens with two attached hydrogens (primary N) is 1. The van der Waals surface area contributed by atoms with Crippen molar-refractivity contribution >= 4 is 22.4 Å². The average molecular weight is 351 g/mol. The van der Waals surface area contributed by atoms with E-state index in [1.807, 2.05) is 0 Å². The molecule has 0 amide bonds. The highest BCUT2D eigenvalue weighted by atomic mass is 35.5. The molecule has 0 aromatic heterocycles. The molecule has 0 heterocycles. The maximum atomic E-state index is 12.1. The van der Waals surface area contributed by atoms with Crippen LogP contribution in [0.2, 0.25) is 0 Å². The first-order valence-electron chi connectivity index (χ1n) is 7.26. The standard InChI is InChI=1S/C15H26N2O3S.ClH/c1-4-5-6-11-20-13-7-9-14(10-8-13)21(18,19)17-12-15(2,3)16;/h7-10,17H,4-6,11-12,16H2,1-3H3;1H. The van der Waals surface area contributed by atoms with Gasteiger partial charge in [-0.15, -0.1) is 12.4 Å². The molecule has 22 heavy (non-hydrogen) atoms. The van der Waals surface area contributed by atoms with Gasteiger partial charge in [0, 0.05) is 12.1 Å². The lowest BCUT2D eigenvalue weighted by Gasteiger charge is -2.19. The van der Waals surface area contributed by atoms with Crippen LogP contribution in [0, 0.1) is 0 Å². The van der Waals surface area contributed by atoms with Crippen LogP contribution >= 0.6 is 12.4 Å². The van der Waals surface area contributed by atoms with Gasteiger partial charge in [0.1, 0.15) is 5.75 Å². The van der Waals surface area contributed by atoms with Gasteiger partial charge >= 0.3 is 0 Å². The number of benzene rings is 1. The molecule has 1 rings (SSSR count). The van der Waals surface area contributed by atoms with Crippen LogP contribution in [0.15, 0.2) is 29.2 Å². The van der Waals surface area contributed by atoms with E-state index in [9.17, 15) is 8.42 Å². The molecule has 0 atom stereocenters. The van der Waals surface area contributed by atoms with Gasteiger partial charge < -0.3 is 10.5 Å². The average Bonchev–Trinajstić information content (AvgIpc) is 2.41. The van der Waals surface area contributed by atoms with Crippen LogP contribution in [0.5, 0.6) is 5.75 Å². The number of unbranched alkanes of at least 4 members (excludes halogenated alkanes) is 2. The highest BCUT2D eigenvalue weighted by Crippen LogP contribution is 2.16. The number of sulfonamides is 1. The van der Waals surface area contributed by atoms with Crippen molar-refractivity contribution in [1.29, 1.82) is 0 Å². The largest absolute Gasteiger partial charge is 0.494 e. The third-order valence-corrected chi connectivity index (χ3v) is 4.29. The van der Waals surface area contributed by atoms with E-state index in [1.165, 1.54) is 0 Å². The summed E-state index contributed by atoms with van der Waals surface area (Å²) < 4.78 is 32.2. The Morgan fingerprint density at radius 1 is 1.18 bits per heavy atom. The summed E-state index contributed by atoms with van der Waals surface area (Å²) in [7, 11) is -3.52. The van der Waals surface area contributed by atoms with Gasteiger partial charge in [0.15, 0.2) is 0 Å². The summed E-state index contributed by atoms with van der Waals surface area (Å²) in [6, 6.07) is 6.43. The zero-order chi connectivity index (χ0) is 15.9. The molecule has 0 spiro atoms. The molecule has 0 saturated heterocycles. The summed E-state index contributed by atoms with van der Waals surface area (Å²) in [5, 5.41) is 0. The molecule has 0 aliphatic rings. The molecule has 0 saturated carbocycles. The van der Waals surface area contributed by atoms with E-state index in [0.29, 0.717) is 12.4 Å². The van der Waals surface area contributed by atoms with E-state index < -0.39 is 15.6 Å². The summed E-state index contributed by atoms with van der Waals surface area (Å²) in [5.74, 6) is 0.684. The molecule has 0 aliphatic carbocycles. The Morgan fingerprint density at radius 3 is 2.27 bits per heavy atom. The predicted octanol–water partition coefficient (Wildman–Crippen LogP) is 2.69. The molecule has 0 fully saturated rings. The Balaban J connectivity index is 0.00000441.